The van der Waals surface area contributed by atoms with Gasteiger partial charge in [-0.3, -0.25) is 0 Å². The number of rotatable bonds is 6. The van der Waals surface area contributed by atoms with Crippen LogP contribution >= 0.6 is 23.1 Å². The standard InChI is InChI=1S/C15H22N4OS2/c1-4-6-15(9-20-2)7-5-8-19(15)13-11-12(16-10-17-13)18-14(21-3)22-11/h10H,4-9H2,1-3H3. The Kier molecular flexibility index (Phi) is 4.84. The molecule has 7 heteroatoms. The van der Waals surface area contributed by atoms with E-state index < -0.39 is 0 Å². The maximum Gasteiger partial charge on any atom is 0.176 e. The first kappa shape index (κ1) is 16.0. The Morgan fingerprint density at radius 3 is 3.05 bits per heavy atom. The maximum absolute atomic E-state index is 5.57. The molecule has 0 aliphatic carbocycles. The number of fused-ring (bicyclic) bond motifs is 1. The van der Waals surface area contributed by atoms with Gasteiger partial charge in [-0.25, -0.2) is 15.0 Å². The third kappa shape index (κ3) is 2.70. The summed E-state index contributed by atoms with van der Waals surface area (Å²) in [5, 5.41) is 0. The molecular weight excluding hydrogens is 316 g/mol. The van der Waals surface area contributed by atoms with Crippen LogP contribution in [0.5, 0.6) is 0 Å². The Labute approximate surface area is 139 Å². The second-order valence-corrected chi connectivity index (χ2v) is 7.75. The van der Waals surface area contributed by atoms with Gasteiger partial charge in [-0.1, -0.05) is 25.1 Å². The van der Waals surface area contributed by atoms with Gasteiger partial charge in [-0.2, -0.15) is 0 Å². The number of hydrogen-bond acceptors (Lipinski definition) is 7. The molecule has 0 saturated carbocycles. The van der Waals surface area contributed by atoms with Gasteiger partial charge in [0.2, 0.25) is 0 Å². The van der Waals surface area contributed by atoms with Crippen LogP contribution in [0.15, 0.2) is 10.7 Å². The minimum Gasteiger partial charge on any atom is -0.382 e. The predicted molar refractivity (Wildman–Crippen MR) is 93.1 cm³/mol. The van der Waals surface area contributed by atoms with Crippen LogP contribution < -0.4 is 4.90 Å². The molecule has 2 aromatic heterocycles. The van der Waals surface area contributed by atoms with Crippen molar-refractivity contribution in [1.82, 2.24) is 15.0 Å². The fraction of sp³-hybridized carbons (Fsp3) is 0.667. The summed E-state index contributed by atoms with van der Waals surface area (Å²) in [5.74, 6) is 1.03. The summed E-state index contributed by atoms with van der Waals surface area (Å²) in [6.07, 6.45) is 8.31. The van der Waals surface area contributed by atoms with Crippen molar-refractivity contribution in [3.63, 3.8) is 0 Å². The lowest BCUT2D eigenvalue weighted by Gasteiger charge is -2.39. The lowest BCUT2D eigenvalue weighted by molar-refractivity contribution is 0.127. The van der Waals surface area contributed by atoms with Crippen molar-refractivity contribution in [2.45, 2.75) is 42.5 Å². The average Bonchev–Trinajstić information content (AvgIpc) is 3.11. The van der Waals surface area contributed by atoms with Crippen LogP contribution in [-0.4, -0.2) is 47.0 Å². The lowest BCUT2D eigenvalue weighted by Crippen LogP contribution is -2.48. The molecule has 0 radical (unpaired) electrons. The van der Waals surface area contributed by atoms with E-state index >= 15 is 0 Å². The highest BCUT2D eigenvalue weighted by molar-refractivity contribution is 8.00. The zero-order valence-electron chi connectivity index (χ0n) is 13.3. The van der Waals surface area contributed by atoms with E-state index in [0.29, 0.717) is 0 Å². The molecule has 5 nitrogen and oxygen atoms in total. The fourth-order valence-electron chi connectivity index (χ4n) is 3.49. The van der Waals surface area contributed by atoms with Gasteiger partial charge >= 0.3 is 0 Å². The topological polar surface area (TPSA) is 51.1 Å². The van der Waals surface area contributed by atoms with Gasteiger partial charge in [-0.05, 0) is 25.5 Å². The second-order valence-electron chi connectivity index (χ2n) is 5.70. The highest BCUT2D eigenvalue weighted by Crippen LogP contribution is 2.41. The minimum absolute atomic E-state index is 0.0638. The van der Waals surface area contributed by atoms with Crippen molar-refractivity contribution in [3.05, 3.63) is 6.33 Å². The lowest BCUT2D eigenvalue weighted by atomic mass is 9.91. The normalized spacial score (nSPS) is 21.9. The molecule has 1 atom stereocenters. The van der Waals surface area contributed by atoms with Crippen molar-refractivity contribution in [2.75, 3.05) is 31.4 Å². The summed E-state index contributed by atoms with van der Waals surface area (Å²) in [6.45, 7) is 4.02. The molecule has 22 heavy (non-hydrogen) atoms. The molecule has 3 rings (SSSR count). The minimum atomic E-state index is 0.0638. The molecule has 0 bridgehead atoms. The van der Waals surface area contributed by atoms with E-state index in [1.807, 2.05) is 6.26 Å². The largest absolute Gasteiger partial charge is 0.382 e. The SMILES string of the molecule is CCCC1(COC)CCCN1c1ncnc2nc(SC)sc12. The predicted octanol–water partition coefficient (Wildman–Crippen LogP) is 3.59. The second kappa shape index (κ2) is 6.68. The Hall–Kier alpha value is -0.920. The molecule has 1 saturated heterocycles. The van der Waals surface area contributed by atoms with Crippen molar-refractivity contribution in [2.24, 2.45) is 0 Å². The molecule has 0 aromatic carbocycles. The highest BCUT2D eigenvalue weighted by atomic mass is 32.2. The highest BCUT2D eigenvalue weighted by Gasteiger charge is 2.41. The molecule has 1 aliphatic rings. The van der Waals surface area contributed by atoms with Gasteiger partial charge in [-0.15, -0.1) is 11.3 Å². The Morgan fingerprint density at radius 1 is 1.45 bits per heavy atom. The summed E-state index contributed by atoms with van der Waals surface area (Å²) >= 11 is 3.35. The molecule has 0 amide bonds. The number of thiazole rings is 1. The van der Waals surface area contributed by atoms with Crippen LogP contribution in [0.4, 0.5) is 5.82 Å². The van der Waals surface area contributed by atoms with Gasteiger partial charge in [0.05, 0.1) is 12.1 Å². The molecule has 0 N–H and O–H groups in total. The van der Waals surface area contributed by atoms with Crippen LogP contribution in [0.25, 0.3) is 10.3 Å². The quantitative estimate of drug-likeness (QED) is 0.750. The molecule has 2 aromatic rings. The molecule has 1 aliphatic heterocycles. The number of aromatic nitrogens is 3. The number of methoxy groups -OCH3 is 1. The van der Waals surface area contributed by atoms with E-state index in [1.165, 1.54) is 6.42 Å². The summed E-state index contributed by atoms with van der Waals surface area (Å²) in [4.78, 5) is 16.0. The van der Waals surface area contributed by atoms with E-state index in [4.69, 9.17) is 4.74 Å². The summed E-state index contributed by atoms with van der Waals surface area (Å²) in [6, 6.07) is 0. The molecule has 1 fully saturated rings. The van der Waals surface area contributed by atoms with Gasteiger partial charge < -0.3 is 9.64 Å². The van der Waals surface area contributed by atoms with Gasteiger partial charge in [0.25, 0.3) is 0 Å². The van der Waals surface area contributed by atoms with Crippen molar-refractivity contribution < 1.29 is 4.74 Å². The third-order valence-corrected chi connectivity index (χ3v) is 6.33. The summed E-state index contributed by atoms with van der Waals surface area (Å²) in [7, 11) is 1.79. The van der Waals surface area contributed by atoms with Crippen LogP contribution in [0.3, 0.4) is 0 Å². The first-order valence-corrected chi connectivity index (χ1v) is 9.70. The monoisotopic (exact) mass is 338 g/mol. The number of hydrogen-bond donors (Lipinski definition) is 0. The number of nitrogens with zero attached hydrogens (tertiary/aromatic N) is 4. The molecule has 1 unspecified atom stereocenters. The summed E-state index contributed by atoms with van der Waals surface area (Å²) < 4.78 is 7.72. The molecule has 120 valence electrons. The first-order chi connectivity index (χ1) is 10.7. The smallest absolute Gasteiger partial charge is 0.176 e. The summed E-state index contributed by atoms with van der Waals surface area (Å²) in [5.41, 5.74) is 0.878. The van der Waals surface area contributed by atoms with Gasteiger partial charge in [0.15, 0.2) is 15.8 Å². The van der Waals surface area contributed by atoms with Crippen LogP contribution in [-0.2, 0) is 4.74 Å². The van der Waals surface area contributed by atoms with E-state index in [0.717, 1.165) is 52.9 Å². The van der Waals surface area contributed by atoms with E-state index in [1.54, 1.807) is 36.5 Å². The van der Waals surface area contributed by atoms with Crippen LogP contribution in [0, 0.1) is 0 Å². The van der Waals surface area contributed by atoms with Crippen LogP contribution in [0.1, 0.15) is 32.6 Å². The van der Waals surface area contributed by atoms with Crippen molar-refractivity contribution in [3.8, 4) is 0 Å². The Morgan fingerprint density at radius 2 is 2.32 bits per heavy atom. The third-order valence-electron chi connectivity index (χ3n) is 4.31. The van der Waals surface area contributed by atoms with Crippen LogP contribution in [0.2, 0.25) is 0 Å². The number of ether oxygens (including phenoxy) is 1. The molecule has 3 heterocycles. The molecular formula is C15H22N4OS2. The van der Waals surface area contributed by atoms with Gasteiger partial charge in [0, 0.05) is 13.7 Å². The zero-order chi connectivity index (χ0) is 15.6. The van der Waals surface area contributed by atoms with Crippen molar-refractivity contribution in [1.29, 1.82) is 0 Å². The average molecular weight is 339 g/mol. The fourth-order valence-corrected chi connectivity index (χ4v) is 5.00. The van der Waals surface area contributed by atoms with Crippen molar-refractivity contribution >= 4 is 39.3 Å². The zero-order valence-corrected chi connectivity index (χ0v) is 15.0. The number of thioether (sulfide) groups is 1. The van der Waals surface area contributed by atoms with E-state index in [-0.39, 0.29) is 5.54 Å². The molecule has 0 spiro atoms. The van der Waals surface area contributed by atoms with E-state index in [9.17, 15) is 0 Å². The maximum atomic E-state index is 5.57. The van der Waals surface area contributed by atoms with E-state index in [2.05, 4.69) is 26.8 Å². The Bertz CT molecular complexity index is 640. The first-order valence-electron chi connectivity index (χ1n) is 7.66. The number of anilines is 1. The van der Waals surface area contributed by atoms with Gasteiger partial charge in [0.1, 0.15) is 11.0 Å². The Balaban J connectivity index is 2.06.